The van der Waals surface area contributed by atoms with Crippen molar-refractivity contribution in [3.05, 3.63) is 171 Å². The van der Waals surface area contributed by atoms with E-state index in [0.29, 0.717) is 18.7 Å². The number of carbonyl (C=O) groups is 4. The Kier molecular flexibility index (Phi) is 17.4. The Morgan fingerprint density at radius 2 is 1.08 bits per heavy atom. The van der Waals surface area contributed by atoms with Crippen LogP contribution in [0.4, 0.5) is 0 Å². The van der Waals surface area contributed by atoms with Gasteiger partial charge in [-0.15, -0.1) is 0 Å². The Bertz CT molecular complexity index is 2040. The van der Waals surface area contributed by atoms with Gasteiger partial charge in [-0.05, 0) is 108 Å². The summed E-state index contributed by atoms with van der Waals surface area (Å²) in [7, 11) is 0. The number of benzene rings is 5. The van der Waals surface area contributed by atoms with Gasteiger partial charge in [-0.25, -0.2) is 19.2 Å². The van der Waals surface area contributed by atoms with Crippen molar-refractivity contribution in [3.63, 3.8) is 0 Å². The molecule has 0 saturated carbocycles. The van der Waals surface area contributed by atoms with Crippen molar-refractivity contribution in [1.82, 2.24) is 4.90 Å². The van der Waals surface area contributed by atoms with E-state index in [4.69, 9.17) is 14.2 Å². The van der Waals surface area contributed by atoms with Crippen LogP contribution in [-0.2, 0) is 25.7 Å². The first-order chi connectivity index (χ1) is 28.1. The average Bonchev–Trinajstić information content (AvgIpc) is 3.21. The summed E-state index contributed by atoms with van der Waals surface area (Å²) >= 11 is 3.69. The maximum absolute atomic E-state index is 12.2. The molecular weight excluding hydrogens is 814 g/mol. The number of esters is 2. The second-order valence-electron chi connectivity index (χ2n) is 14.7. The summed E-state index contributed by atoms with van der Waals surface area (Å²) in [6, 6.07) is 40.7. The van der Waals surface area contributed by atoms with Crippen LogP contribution in [0.15, 0.2) is 132 Å². The second-order valence-corrected chi connectivity index (χ2v) is 15.6. The fraction of sp³-hybridized carbons (Fsp3) is 0.292. The predicted octanol–water partition coefficient (Wildman–Crippen LogP) is 9.89. The first kappa shape index (κ1) is 45.9. The van der Waals surface area contributed by atoms with Crippen molar-refractivity contribution in [2.24, 2.45) is 0 Å². The number of nitrogens with zero attached hydrogens (tertiary/aromatic N) is 1. The van der Waals surface area contributed by atoms with E-state index < -0.39 is 36.1 Å². The van der Waals surface area contributed by atoms with E-state index in [0.717, 1.165) is 34.3 Å². The molecule has 3 atom stereocenters. The third-order valence-electron chi connectivity index (χ3n) is 9.59. The lowest BCUT2D eigenvalue weighted by molar-refractivity contribution is -0.166. The Morgan fingerprint density at radius 3 is 1.53 bits per heavy atom. The normalized spacial score (nSPS) is 12.5. The molecule has 0 spiro atoms. The van der Waals surface area contributed by atoms with Gasteiger partial charge < -0.3 is 24.4 Å². The van der Waals surface area contributed by atoms with Gasteiger partial charge in [-0.2, -0.15) is 0 Å². The average molecular weight is 867 g/mol. The van der Waals surface area contributed by atoms with Crippen LogP contribution in [-0.4, -0.2) is 69.8 Å². The quantitative estimate of drug-likeness (QED) is 0.0869. The van der Waals surface area contributed by atoms with Gasteiger partial charge in [-0.1, -0.05) is 112 Å². The number of rotatable bonds is 17. The number of carboxylic acid groups (broad SMARTS) is 2. The van der Waals surface area contributed by atoms with Gasteiger partial charge in [0.25, 0.3) is 0 Å². The van der Waals surface area contributed by atoms with E-state index in [-0.39, 0.29) is 17.0 Å². The van der Waals surface area contributed by atoms with Crippen LogP contribution in [0.1, 0.15) is 88.6 Å². The fourth-order valence-electron chi connectivity index (χ4n) is 6.47. The second kappa shape index (κ2) is 22.4. The summed E-state index contributed by atoms with van der Waals surface area (Å²) in [5.74, 6) is -4.39. The highest BCUT2D eigenvalue weighted by Crippen LogP contribution is 2.37. The van der Waals surface area contributed by atoms with E-state index in [9.17, 15) is 29.4 Å². The molecule has 0 aliphatic carbocycles. The Labute approximate surface area is 354 Å². The molecule has 10 nitrogen and oxygen atoms in total. The molecule has 5 rings (SSSR count). The zero-order valence-electron chi connectivity index (χ0n) is 34.2. The third-order valence-corrected chi connectivity index (χ3v) is 10.1. The van der Waals surface area contributed by atoms with Gasteiger partial charge in [0.05, 0.1) is 11.1 Å². The van der Waals surface area contributed by atoms with Crippen molar-refractivity contribution < 1.29 is 43.6 Å². The highest BCUT2D eigenvalue weighted by atomic mass is 79.9. The van der Waals surface area contributed by atoms with Gasteiger partial charge in [0.2, 0.25) is 12.2 Å². The van der Waals surface area contributed by atoms with Crippen molar-refractivity contribution >= 4 is 39.8 Å². The molecule has 5 aromatic carbocycles. The SMILES string of the molecule is CC(C)N(CC[C@H](c1ccccc1)c1cc(Br)ccc1OCc1ccccc1)C(C)C.Cc1ccc(C(=O)O[C@@H](C(=O)O)[C@@H](OC(=O)c2ccc(C)cc2)C(=O)O)cc1. The molecule has 0 fully saturated rings. The molecule has 0 heterocycles. The van der Waals surface area contributed by atoms with E-state index in [1.807, 2.05) is 6.07 Å². The Morgan fingerprint density at radius 1 is 0.627 bits per heavy atom. The molecule has 0 saturated heterocycles. The number of carbonyl (C=O) groups excluding carboxylic acids is 2. The standard InChI is InChI=1S/C28H34BrNO.C20H18O8/c1-21(2)30(22(3)4)18-17-26(24-13-9-6-10-14-24)27-19-25(29)15-16-28(27)31-20-23-11-7-5-8-12-23;1-11-3-7-13(8-4-11)19(25)27-15(17(21)22)16(18(23)24)28-20(26)14-9-5-12(2)6-10-14/h5-16,19,21-22,26H,17-18,20H2,1-4H3;3-10,15-16H,1-2H3,(H,21,22)(H,23,24)/t26-;15-,16-/m11/s1. The molecule has 0 aliphatic rings. The molecule has 0 radical (unpaired) electrons. The van der Waals surface area contributed by atoms with Gasteiger partial charge in [0.15, 0.2) is 0 Å². The highest BCUT2D eigenvalue weighted by molar-refractivity contribution is 9.10. The minimum absolute atomic E-state index is 0.0332. The Balaban J connectivity index is 0.000000262. The predicted molar refractivity (Wildman–Crippen MR) is 231 cm³/mol. The van der Waals surface area contributed by atoms with Crippen LogP contribution >= 0.6 is 15.9 Å². The minimum Gasteiger partial charge on any atom is -0.489 e. The molecule has 11 heteroatoms. The summed E-state index contributed by atoms with van der Waals surface area (Å²) in [5, 5.41) is 18.6. The Hall–Kier alpha value is -5.78. The molecule has 59 heavy (non-hydrogen) atoms. The molecule has 0 bridgehead atoms. The lowest BCUT2D eigenvalue weighted by Gasteiger charge is -2.32. The summed E-state index contributed by atoms with van der Waals surface area (Å²) in [6.07, 6.45) is -3.40. The molecule has 0 unspecified atom stereocenters. The first-order valence-corrected chi connectivity index (χ1v) is 20.2. The van der Waals surface area contributed by atoms with Crippen molar-refractivity contribution in [3.8, 4) is 5.75 Å². The summed E-state index contributed by atoms with van der Waals surface area (Å²) in [6.45, 7) is 14.3. The van der Waals surface area contributed by atoms with Crippen LogP contribution in [0.25, 0.3) is 0 Å². The van der Waals surface area contributed by atoms with E-state index >= 15 is 0 Å². The lowest BCUT2D eigenvalue weighted by Crippen LogP contribution is -2.45. The van der Waals surface area contributed by atoms with Gasteiger partial charge in [-0.3, -0.25) is 4.90 Å². The third kappa shape index (κ3) is 13.9. The number of carboxylic acids is 2. The monoisotopic (exact) mass is 865 g/mol. The van der Waals surface area contributed by atoms with Crippen molar-refractivity contribution in [1.29, 1.82) is 0 Å². The molecule has 0 aromatic heterocycles. The van der Waals surface area contributed by atoms with E-state index in [1.165, 1.54) is 41.0 Å². The zero-order valence-corrected chi connectivity index (χ0v) is 35.8. The maximum Gasteiger partial charge on any atom is 0.349 e. The topological polar surface area (TPSA) is 140 Å². The maximum atomic E-state index is 12.2. The van der Waals surface area contributed by atoms with Crippen LogP contribution in [0.5, 0.6) is 5.75 Å². The van der Waals surface area contributed by atoms with Crippen LogP contribution in [0, 0.1) is 13.8 Å². The van der Waals surface area contributed by atoms with E-state index in [2.05, 4.69) is 121 Å². The largest absolute Gasteiger partial charge is 0.489 e. The number of aryl methyl sites for hydroxylation is 2. The molecule has 5 aromatic rings. The number of hydrogen-bond donors (Lipinski definition) is 2. The molecular formula is C48H52BrNO9. The first-order valence-electron chi connectivity index (χ1n) is 19.4. The summed E-state index contributed by atoms with van der Waals surface area (Å²) in [4.78, 5) is 49.9. The van der Waals surface area contributed by atoms with Crippen LogP contribution in [0.2, 0.25) is 0 Å². The number of aliphatic carboxylic acids is 2. The van der Waals surface area contributed by atoms with Gasteiger partial charge in [0, 0.05) is 28.0 Å². The molecule has 0 amide bonds. The highest BCUT2D eigenvalue weighted by Gasteiger charge is 2.41. The minimum atomic E-state index is -2.22. The fourth-order valence-corrected chi connectivity index (χ4v) is 6.84. The van der Waals surface area contributed by atoms with Gasteiger partial charge in [0.1, 0.15) is 12.4 Å². The number of ether oxygens (including phenoxy) is 3. The lowest BCUT2D eigenvalue weighted by atomic mass is 9.87. The van der Waals surface area contributed by atoms with Crippen LogP contribution < -0.4 is 4.74 Å². The zero-order chi connectivity index (χ0) is 43.1. The molecule has 310 valence electrons. The summed E-state index contributed by atoms with van der Waals surface area (Å²) < 4.78 is 17.1. The molecule has 2 N–H and O–H groups in total. The smallest absolute Gasteiger partial charge is 0.349 e. The number of hydrogen-bond acceptors (Lipinski definition) is 8. The molecule has 0 aliphatic heterocycles. The number of halogens is 1. The summed E-state index contributed by atoms with van der Waals surface area (Å²) in [5.41, 5.74) is 5.54. The van der Waals surface area contributed by atoms with Crippen molar-refractivity contribution in [2.75, 3.05) is 6.54 Å². The van der Waals surface area contributed by atoms with Crippen molar-refractivity contribution in [2.45, 2.75) is 84.8 Å². The van der Waals surface area contributed by atoms with Gasteiger partial charge >= 0.3 is 23.9 Å². The van der Waals surface area contributed by atoms with E-state index in [1.54, 1.807) is 38.1 Å². The van der Waals surface area contributed by atoms with Crippen LogP contribution in [0.3, 0.4) is 0 Å².